The number of carbonyl (C=O) groups is 1. The summed E-state index contributed by atoms with van der Waals surface area (Å²) in [4.78, 5) is 16.8. The minimum Gasteiger partial charge on any atom is -0.431 e. The maximum atomic E-state index is 12.0. The molecule has 0 saturated heterocycles. The van der Waals surface area contributed by atoms with Crippen molar-refractivity contribution in [3.63, 3.8) is 0 Å². The average Bonchev–Trinajstić information content (AvgIpc) is 2.78. The molecule has 1 unspecified atom stereocenters. The number of carbonyl (C=O) groups excluding carboxylic acids is 1. The molecular weight excluding hydrogens is 404 g/mol. The van der Waals surface area contributed by atoms with Crippen LogP contribution in [0.4, 0.5) is 17.1 Å². The zero-order chi connectivity index (χ0) is 22.5. The lowest BCUT2D eigenvalue weighted by molar-refractivity contribution is -0.179. The van der Waals surface area contributed by atoms with Gasteiger partial charge < -0.3 is 26.3 Å². The van der Waals surface area contributed by atoms with Crippen LogP contribution in [0, 0.1) is 0 Å². The van der Waals surface area contributed by atoms with E-state index in [0.717, 1.165) is 33.2 Å². The van der Waals surface area contributed by atoms with Crippen LogP contribution >= 0.6 is 0 Å². The van der Waals surface area contributed by atoms with Crippen LogP contribution in [0.2, 0.25) is 0 Å². The number of para-hydroxylation sites is 2. The number of hydrogen-bond donors (Lipinski definition) is 3. The number of esters is 1. The van der Waals surface area contributed by atoms with Gasteiger partial charge in [0.2, 0.25) is 6.29 Å². The molecule has 0 aliphatic rings. The van der Waals surface area contributed by atoms with Crippen LogP contribution in [-0.4, -0.2) is 24.1 Å². The van der Waals surface area contributed by atoms with Crippen molar-refractivity contribution in [2.24, 2.45) is 5.73 Å². The topological polar surface area (TPSA) is 112 Å². The van der Waals surface area contributed by atoms with Crippen LogP contribution < -0.4 is 16.8 Å². The van der Waals surface area contributed by atoms with E-state index in [1.54, 1.807) is 6.07 Å². The zero-order valence-corrected chi connectivity index (χ0v) is 17.9. The molecule has 1 heterocycles. The van der Waals surface area contributed by atoms with E-state index in [-0.39, 0.29) is 13.0 Å². The first-order valence-electron chi connectivity index (χ1n) is 10.5. The number of benzene rings is 3. The maximum Gasteiger partial charge on any atom is 0.309 e. The largest absolute Gasteiger partial charge is 0.431 e. The van der Waals surface area contributed by atoms with Crippen molar-refractivity contribution in [3.8, 4) is 0 Å². The summed E-state index contributed by atoms with van der Waals surface area (Å²) in [6.07, 6.45) is -0.750. The third-order valence-electron chi connectivity index (χ3n) is 5.01. The Kier molecular flexibility index (Phi) is 6.49. The number of aromatic nitrogens is 1. The minimum absolute atomic E-state index is 0.117. The summed E-state index contributed by atoms with van der Waals surface area (Å²) in [5.74, 6) is -0.422. The van der Waals surface area contributed by atoms with Crippen molar-refractivity contribution in [1.29, 1.82) is 0 Å². The van der Waals surface area contributed by atoms with Gasteiger partial charge in [0.05, 0.1) is 23.1 Å². The fraction of sp³-hybridized carbons (Fsp3) is 0.200. The fourth-order valence-corrected chi connectivity index (χ4v) is 3.65. The first kappa shape index (κ1) is 21.5. The number of rotatable bonds is 8. The highest BCUT2D eigenvalue weighted by Crippen LogP contribution is 2.34. The Morgan fingerprint density at radius 1 is 1.03 bits per heavy atom. The Labute approximate surface area is 186 Å². The molecule has 1 atom stereocenters. The summed E-state index contributed by atoms with van der Waals surface area (Å²) in [6, 6.07) is 21.4. The van der Waals surface area contributed by atoms with Gasteiger partial charge in [0.25, 0.3) is 0 Å². The number of pyridine rings is 1. The Hall–Kier alpha value is -3.68. The Balaban J connectivity index is 1.76. The van der Waals surface area contributed by atoms with Crippen molar-refractivity contribution < 1.29 is 14.3 Å². The van der Waals surface area contributed by atoms with E-state index in [9.17, 15) is 4.79 Å². The van der Waals surface area contributed by atoms with Gasteiger partial charge in [0, 0.05) is 40.9 Å². The quantitative estimate of drug-likeness (QED) is 0.161. The molecule has 4 rings (SSSR count). The second kappa shape index (κ2) is 9.64. The number of ether oxygens (including phenoxy) is 2. The van der Waals surface area contributed by atoms with Crippen molar-refractivity contribution in [2.75, 3.05) is 24.2 Å². The number of nitrogens with one attached hydrogen (secondary N) is 1. The molecule has 0 amide bonds. The predicted octanol–water partition coefficient (Wildman–Crippen LogP) is 4.64. The Morgan fingerprint density at radius 3 is 2.31 bits per heavy atom. The molecule has 7 heteroatoms. The summed E-state index contributed by atoms with van der Waals surface area (Å²) in [7, 11) is 0. The minimum atomic E-state index is -0.867. The highest BCUT2D eigenvalue weighted by atomic mass is 16.7. The molecule has 32 heavy (non-hydrogen) atoms. The van der Waals surface area contributed by atoms with E-state index in [1.807, 2.05) is 67.6 Å². The van der Waals surface area contributed by atoms with Gasteiger partial charge in [-0.1, -0.05) is 36.4 Å². The Bertz CT molecular complexity index is 1200. The first-order chi connectivity index (χ1) is 15.6. The van der Waals surface area contributed by atoms with Gasteiger partial charge in [-0.25, -0.2) is 4.98 Å². The molecule has 7 nitrogen and oxygen atoms in total. The van der Waals surface area contributed by atoms with Crippen molar-refractivity contribution in [1.82, 2.24) is 4.98 Å². The van der Waals surface area contributed by atoms with Crippen LogP contribution in [0.3, 0.4) is 0 Å². The smallest absolute Gasteiger partial charge is 0.309 e. The van der Waals surface area contributed by atoms with Gasteiger partial charge >= 0.3 is 5.97 Å². The predicted molar refractivity (Wildman–Crippen MR) is 128 cm³/mol. The highest BCUT2D eigenvalue weighted by molar-refractivity contribution is 6.08. The molecule has 0 aliphatic carbocycles. The average molecular weight is 431 g/mol. The van der Waals surface area contributed by atoms with Gasteiger partial charge in [0.1, 0.15) is 0 Å². The molecule has 0 spiro atoms. The van der Waals surface area contributed by atoms with Gasteiger partial charge in [-0.2, -0.15) is 0 Å². The van der Waals surface area contributed by atoms with Crippen molar-refractivity contribution in [2.45, 2.75) is 19.6 Å². The fourth-order valence-electron chi connectivity index (χ4n) is 3.65. The summed E-state index contributed by atoms with van der Waals surface area (Å²) in [6.45, 7) is 2.42. The summed E-state index contributed by atoms with van der Waals surface area (Å²) < 4.78 is 11.2. The number of hydrogen-bond acceptors (Lipinski definition) is 7. The van der Waals surface area contributed by atoms with E-state index in [2.05, 4.69) is 5.32 Å². The molecule has 3 aromatic carbocycles. The molecular formula is C25H26N4O3. The zero-order valence-electron chi connectivity index (χ0n) is 17.9. The monoisotopic (exact) mass is 430 g/mol. The van der Waals surface area contributed by atoms with Crippen LogP contribution in [0.15, 0.2) is 66.7 Å². The molecule has 0 radical (unpaired) electrons. The number of nitrogens with two attached hydrogens (primary N) is 2. The first-order valence-corrected chi connectivity index (χ1v) is 10.5. The van der Waals surface area contributed by atoms with Gasteiger partial charge in [-0.05, 0) is 37.3 Å². The molecule has 0 aliphatic heterocycles. The summed E-state index contributed by atoms with van der Waals surface area (Å²) in [5.41, 5.74) is 16.3. The maximum absolute atomic E-state index is 12.0. The molecule has 0 fully saturated rings. The summed E-state index contributed by atoms with van der Waals surface area (Å²) >= 11 is 0. The van der Waals surface area contributed by atoms with E-state index in [1.165, 1.54) is 0 Å². The summed E-state index contributed by atoms with van der Waals surface area (Å²) in [5, 5.41) is 5.49. The number of anilines is 3. The standard InChI is InChI=1S/C25H26N4O3/c1-2-31-25(32-23(30)11-12-26)16-13-17(27)15-18(14-16)28-24-19-7-3-5-9-21(19)29-22-10-6-4-8-20(22)24/h3-10,13-15,25H,2,11-12,26-27H2,1H3,(H,28,29). The lowest BCUT2D eigenvalue weighted by Crippen LogP contribution is -2.17. The Morgan fingerprint density at radius 2 is 1.69 bits per heavy atom. The number of fused-ring (bicyclic) bond motifs is 2. The van der Waals surface area contributed by atoms with Gasteiger partial charge in [-0.3, -0.25) is 4.79 Å². The van der Waals surface area contributed by atoms with Crippen molar-refractivity contribution in [3.05, 3.63) is 72.3 Å². The molecule has 4 aromatic rings. The van der Waals surface area contributed by atoms with E-state index in [0.29, 0.717) is 17.9 Å². The molecule has 164 valence electrons. The van der Waals surface area contributed by atoms with Gasteiger partial charge in [0.15, 0.2) is 0 Å². The molecule has 0 saturated carbocycles. The van der Waals surface area contributed by atoms with E-state index < -0.39 is 12.3 Å². The van der Waals surface area contributed by atoms with E-state index in [4.69, 9.17) is 25.9 Å². The van der Waals surface area contributed by atoms with E-state index >= 15 is 0 Å². The molecule has 0 bridgehead atoms. The van der Waals surface area contributed by atoms with Crippen LogP contribution in [0.1, 0.15) is 25.2 Å². The second-order valence-corrected chi connectivity index (χ2v) is 7.35. The highest BCUT2D eigenvalue weighted by Gasteiger charge is 2.18. The lowest BCUT2D eigenvalue weighted by Gasteiger charge is -2.20. The van der Waals surface area contributed by atoms with Crippen LogP contribution in [0.25, 0.3) is 21.8 Å². The third-order valence-corrected chi connectivity index (χ3v) is 5.01. The van der Waals surface area contributed by atoms with Gasteiger partial charge in [-0.15, -0.1) is 0 Å². The SMILES string of the molecule is CCOC(OC(=O)CCN)c1cc(N)cc(Nc2c3ccccc3nc3ccccc23)c1. The number of nitrogen functional groups attached to an aromatic ring is 1. The van der Waals surface area contributed by atoms with Crippen LogP contribution in [0.5, 0.6) is 0 Å². The molecule has 1 aromatic heterocycles. The third kappa shape index (κ3) is 4.64. The number of nitrogens with zero attached hydrogens (tertiary/aromatic N) is 1. The van der Waals surface area contributed by atoms with Crippen LogP contribution in [-0.2, 0) is 14.3 Å². The second-order valence-electron chi connectivity index (χ2n) is 7.35. The molecule has 5 N–H and O–H groups in total. The van der Waals surface area contributed by atoms with Crippen molar-refractivity contribution >= 4 is 44.8 Å². The normalized spacial score (nSPS) is 12.1. The lowest BCUT2D eigenvalue weighted by atomic mass is 10.1.